The van der Waals surface area contributed by atoms with E-state index in [1.165, 1.54) is 11.8 Å². The van der Waals surface area contributed by atoms with E-state index in [1.54, 1.807) is 10.8 Å². The highest BCUT2D eigenvalue weighted by atomic mass is 35.5. The first-order valence-electron chi connectivity index (χ1n) is 4.94. The van der Waals surface area contributed by atoms with Crippen molar-refractivity contribution in [2.45, 2.75) is 24.9 Å². The Balaban J connectivity index is 2.62. The fraction of sp³-hybridized carbons (Fsp3) is 0.600. The van der Waals surface area contributed by atoms with E-state index in [0.29, 0.717) is 10.9 Å². The molecule has 1 aromatic rings. The molecule has 1 rings (SSSR count). The first-order valence-corrected chi connectivity index (χ1v) is 6.36. The van der Waals surface area contributed by atoms with E-state index in [2.05, 4.69) is 4.98 Å². The molecule has 1 aromatic heterocycles. The van der Waals surface area contributed by atoms with Crippen molar-refractivity contribution in [3.05, 3.63) is 17.2 Å². The number of halogens is 1. The van der Waals surface area contributed by atoms with Crippen LogP contribution in [0.15, 0.2) is 6.20 Å². The molecule has 1 unspecified atom stereocenters. The Morgan fingerprint density at radius 3 is 2.69 bits per heavy atom. The maximum Gasteiger partial charge on any atom is 0.316 e. The molecule has 0 spiro atoms. The van der Waals surface area contributed by atoms with Crippen molar-refractivity contribution >= 4 is 29.3 Å². The molecule has 0 aliphatic heterocycles. The summed E-state index contributed by atoms with van der Waals surface area (Å²) >= 11 is 7.22. The van der Waals surface area contributed by atoms with E-state index in [1.807, 2.05) is 20.9 Å². The number of thioether (sulfide) groups is 1. The minimum absolute atomic E-state index is 0.0956. The van der Waals surface area contributed by atoms with E-state index in [0.717, 1.165) is 5.82 Å². The summed E-state index contributed by atoms with van der Waals surface area (Å²) in [4.78, 5) is 15.1. The molecular formula is C10H15ClN2O2S. The number of carboxylic acids is 1. The number of hydrogen-bond donors (Lipinski definition) is 1. The van der Waals surface area contributed by atoms with Crippen LogP contribution in [0.1, 0.15) is 19.7 Å². The molecule has 0 aliphatic carbocycles. The van der Waals surface area contributed by atoms with Crippen LogP contribution >= 0.6 is 23.4 Å². The van der Waals surface area contributed by atoms with Gasteiger partial charge in [0.25, 0.3) is 0 Å². The molecule has 0 bridgehead atoms. The molecule has 90 valence electrons. The lowest BCUT2D eigenvalue weighted by molar-refractivity contribution is -0.137. The maximum absolute atomic E-state index is 11.0. The molecule has 0 saturated carbocycles. The van der Waals surface area contributed by atoms with E-state index in [9.17, 15) is 4.79 Å². The first kappa shape index (κ1) is 13.4. The Kier molecular flexibility index (Phi) is 4.68. The summed E-state index contributed by atoms with van der Waals surface area (Å²) in [6.07, 6.45) is 1.57. The molecule has 4 nitrogen and oxygen atoms in total. The van der Waals surface area contributed by atoms with Gasteiger partial charge in [0, 0.05) is 7.05 Å². The van der Waals surface area contributed by atoms with Crippen LogP contribution in [0.5, 0.6) is 0 Å². The normalized spacial score (nSPS) is 13.1. The summed E-state index contributed by atoms with van der Waals surface area (Å²) < 4.78 is 1.76. The van der Waals surface area contributed by atoms with Gasteiger partial charge in [0.1, 0.15) is 16.2 Å². The van der Waals surface area contributed by atoms with Gasteiger partial charge in [0.15, 0.2) is 0 Å². The minimum Gasteiger partial charge on any atom is -0.480 e. The third-order valence-electron chi connectivity index (χ3n) is 2.27. The zero-order valence-corrected chi connectivity index (χ0v) is 11.0. The molecule has 0 fully saturated rings. The molecule has 0 amide bonds. The number of carbonyl (C=O) groups is 1. The van der Waals surface area contributed by atoms with E-state index < -0.39 is 11.2 Å². The first-order chi connectivity index (χ1) is 7.43. The molecule has 1 heterocycles. The second kappa shape index (κ2) is 5.59. The number of nitrogens with zero attached hydrogens (tertiary/aromatic N) is 2. The predicted octanol–water partition coefficient (Wildman–Crippen LogP) is 2.42. The predicted molar refractivity (Wildman–Crippen MR) is 65.8 cm³/mol. The summed E-state index contributed by atoms with van der Waals surface area (Å²) in [5, 5.41) is 9.18. The van der Waals surface area contributed by atoms with Gasteiger partial charge >= 0.3 is 5.97 Å². The summed E-state index contributed by atoms with van der Waals surface area (Å²) in [5.41, 5.74) is 0. The summed E-state index contributed by atoms with van der Waals surface area (Å²) in [7, 11) is 1.82. The van der Waals surface area contributed by atoms with Crippen LogP contribution in [0.2, 0.25) is 5.15 Å². The molecule has 1 atom stereocenters. The van der Waals surface area contributed by atoms with Gasteiger partial charge in [-0.2, -0.15) is 0 Å². The van der Waals surface area contributed by atoms with Crippen molar-refractivity contribution in [3.63, 3.8) is 0 Å². The lowest BCUT2D eigenvalue weighted by Crippen LogP contribution is -2.22. The van der Waals surface area contributed by atoms with E-state index >= 15 is 0 Å². The standard InChI is InChI=1S/C10H15ClN2O2S/c1-6(2)9(10(14)15)16-5-8-12-4-7(11)13(8)3/h4,6,9H,5H2,1-3H3,(H,14,15). The molecule has 16 heavy (non-hydrogen) atoms. The number of imidazole rings is 1. The van der Waals surface area contributed by atoms with Crippen molar-refractivity contribution in [1.82, 2.24) is 9.55 Å². The topological polar surface area (TPSA) is 55.1 Å². The number of hydrogen-bond acceptors (Lipinski definition) is 3. The van der Waals surface area contributed by atoms with Gasteiger partial charge in [0.05, 0.1) is 11.9 Å². The van der Waals surface area contributed by atoms with Gasteiger partial charge in [-0.1, -0.05) is 25.4 Å². The Bertz CT molecular complexity index is 379. The van der Waals surface area contributed by atoms with E-state index in [-0.39, 0.29) is 5.92 Å². The zero-order chi connectivity index (χ0) is 12.3. The van der Waals surface area contributed by atoms with Crippen LogP contribution in [0.25, 0.3) is 0 Å². The number of rotatable bonds is 5. The smallest absolute Gasteiger partial charge is 0.316 e. The molecular weight excluding hydrogens is 248 g/mol. The van der Waals surface area contributed by atoms with Crippen LogP contribution in [-0.2, 0) is 17.6 Å². The minimum atomic E-state index is -0.777. The fourth-order valence-corrected chi connectivity index (χ4v) is 2.54. The maximum atomic E-state index is 11.0. The third kappa shape index (κ3) is 3.15. The van der Waals surface area contributed by atoms with Crippen LogP contribution in [0.4, 0.5) is 0 Å². The average Bonchev–Trinajstić information content (AvgIpc) is 2.48. The van der Waals surface area contributed by atoms with Crippen LogP contribution < -0.4 is 0 Å². The van der Waals surface area contributed by atoms with Crippen LogP contribution in [-0.4, -0.2) is 25.9 Å². The van der Waals surface area contributed by atoms with Gasteiger partial charge in [0.2, 0.25) is 0 Å². The third-order valence-corrected chi connectivity index (χ3v) is 4.15. The SMILES string of the molecule is CC(C)C(SCc1ncc(Cl)n1C)C(=O)O. The molecule has 0 aliphatic rings. The summed E-state index contributed by atoms with van der Waals surface area (Å²) in [6.45, 7) is 3.80. The Labute approximate surface area is 104 Å². The molecule has 1 N–H and O–H groups in total. The highest BCUT2D eigenvalue weighted by Crippen LogP contribution is 2.24. The largest absolute Gasteiger partial charge is 0.480 e. The van der Waals surface area contributed by atoms with Crippen molar-refractivity contribution < 1.29 is 9.90 Å². The highest BCUT2D eigenvalue weighted by molar-refractivity contribution is 7.99. The van der Waals surface area contributed by atoms with Gasteiger partial charge in [-0.05, 0) is 5.92 Å². The van der Waals surface area contributed by atoms with Gasteiger partial charge in [-0.3, -0.25) is 4.79 Å². The van der Waals surface area contributed by atoms with Crippen molar-refractivity contribution in [2.75, 3.05) is 0 Å². The molecule has 0 aromatic carbocycles. The van der Waals surface area contributed by atoms with Gasteiger partial charge in [-0.15, -0.1) is 11.8 Å². The number of aliphatic carboxylic acids is 1. The fourth-order valence-electron chi connectivity index (χ4n) is 1.27. The van der Waals surface area contributed by atoms with E-state index in [4.69, 9.17) is 16.7 Å². The van der Waals surface area contributed by atoms with Gasteiger partial charge < -0.3 is 9.67 Å². The molecule has 0 saturated heterocycles. The second-order valence-electron chi connectivity index (χ2n) is 3.87. The quantitative estimate of drug-likeness (QED) is 0.885. The van der Waals surface area contributed by atoms with Crippen molar-refractivity contribution in [3.8, 4) is 0 Å². The average molecular weight is 263 g/mol. The highest BCUT2D eigenvalue weighted by Gasteiger charge is 2.22. The molecule has 0 radical (unpaired) electrons. The summed E-state index contributed by atoms with van der Waals surface area (Å²) in [5.74, 6) is 0.665. The zero-order valence-electron chi connectivity index (χ0n) is 9.48. The van der Waals surface area contributed by atoms with Gasteiger partial charge in [-0.25, -0.2) is 4.98 Å². The van der Waals surface area contributed by atoms with Crippen molar-refractivity contribution in [2.24, 2.45) is 13.0 Å². The molecule has 6 heteroatoms. The van der Waals surface area contributed by atoms with Crippen LogP contribution in [0.3, 0.4) is 0 Å². The lowest BCUT2D eigenvalue weighted by atomic mass is 10.1. The monoisotopic (exact) mass is 262 g/mol. The Morgan fingerprint density at radius 2 is 2.31 bits per heavy atom. The second-order valence-corrected chi connectivity index (χ2v) is 5.39. The number of carboxylic acid groups (broad SMARTS) is 1. The Hall–Kier alpha value is -0.680. The lowest BCUT2D eigenvalue weighted by Gasteiger charge is -2.15. The Morgan fingerprint density at radius 1 is 1.69 bits per heavy atom. The van der Waals surface area contributed by atoms with Crippen molar-refractivity contribution in [1.29, 1.82) is 0 Å². The number of aromatic nitrogens is 2. The van der Waals surface area contributed by atoms with Crippen LogP contribution in [0, 0.1) is 5.92 Å². The summed E-state index contributed by atoms with van der Waals surface area (Å²) in [6, 6.07) is 0.